The van der Waals surface area contributed by atoms with Gasteiger partial charge in [0.2, 0.25) is 5.78 Å². The summed E-state index contributed by atoms with van der Waals surface area (Å²) in [4.78, 5) is 16.8. The van der Waals surface area contributed by atoms with Crippen LogP contribution in [-0.4, -0.2) is 21.1 Å². The molecule has 8 heteroatoms. The van der Waals surface area contributed by atoms with Crippen LogP contribution in [0.5, 0.6) is 0 Å². The summed E-state index contributed by atoms with van der Waals surface area (Å²) < 4.78 is -1.98. The molecule has 90 valence electrons. The number of halogens is 3. The number of nitrogens with one attached hydrogen (secondary N) is 1. The Morgan fingerprint density at radius 1 is 1.59 bits per heavy atom. The number of nitrogens with zero attached hydrogens (tertiary/aromatic N) is 3. The second-order valence-corrected chi connectivity index (χ2v) is 5.27. The van der Waals surface area contributed by atoms with Gasteiger partial charge in [-0.3, -0.25) is 4.79 Å². The Bertz CT molecular complexity index is 483. The minimum atomic E-state index is -1.98. The van der Waals surface area contributed by atoms with E-state index in [2.05, 4.69) is 15.0 Å². The number of aromatic nitrogens is 1. The molecule has 1 N–H and O–H groups in total. The zero-order chi connectivity index (χ0) is 12.9. The maximum absolute atomic E-state index is 11.5. The number of alkyl halides is 3. The largest absolute Gasteiger partial charge is 0.358 e. The SMILES string of the molecule is [N-]=[N+]=NCC=Cc1c[nH]c(C(=O)C(Cl)(Cl)Cl)c1. The van der Waals surface area contributed by atoms with Gasteiger partial charge >= 0.3 is 0 Å². The fourth-order valence-corrected chi connectivity index (χ4v) is 1.37. The Labute approximate surface area is 112 Å². The lowest BCUT2D eigenvalue weighted by atomic mass is 10.2. The van der Waals surface area contributed by atoms with Crippen molar-refractivity contribution in [3.63, 3.8) is 0 Å². The highest BCUT2D eigenvalue weighted by Gasteiger charge is 2.32. The number of carbonyl (C=O) groups is 1. The molecule has 1 aromatic rings. The van der Waals surface area contributed by atoms with Gasteiger partial charge in [0, 0.05) is 17.7 Å². The molecule has 5 nitrogen and oxygen atoms in total. The highest BCUT2D eigenvalue weighted by atomic mass is 35.6. The van der Waals surface area contributed by atoms with Crippen LogP contribution in [0.15, 0.2) is 23.5 Å². The standard InChI is InChI=1S/C9H7Cl3N4O/c10-9(11,12)8(17)7-4-6(5-14-7)2-1-3-15-16-13/h1-2,4-5,14H,3H2. The van der Waals surface area contributed by atoms with E-state index in [-0.39, 0.29) is 12.2 Å². The predicted molar refractivity (Wildman–Crippen MR) is 68.5 cm³/mol. The summed E-state index contributed by atoms with van der Waals surface area (Å²) in [6, 6.07) is 1.54. The number of azide groups is 1. The molecule has 0 amide bonds. The first-order valence-corrected chi connectivity index (χ1v) is 5.56. The highest BCUT2D eigenvalue weighted by Crippen LogP contribution is 2.30. The van der Waals surface area contributed by atoms with Gasteiger partial charge < -0.3 is 4.98 Å². The number of ketones is 1. The molecule has 0 aliphatic heterocycles. The van der Waals surface area contributed by atoms with Crippen molar-refractivity contribution in [1.82, 2.24) is 4.98 Å². The fraction of sp³-hybridized carbons (Fsp3) is 0.222. The number of rotatable bonds is 4. The normalized spacial score (nSPS) is 11.5. The Morgan fingerprint density at radius 2 is 2.29 bits per heavy atom. The van der Waals surface area contributed by atoms with E-state index in [9.17, 15) is 4.79 Å². The molecule has 0 radical (unpaired) electrons. The third-order valence-corrected chi connectivity index (χ3v) is 2.28. The minimum Gasteiger partial charge on any atom is -0.358 e. The van der Waals surface area contributed by atoms with Gasteiger partial charge in [-0.2, -0.15) is 0 Å². The maximum atomic E-state index is 11.5. The Morgan fingerprint density at radius 3 is 2.88 bits per heavy atom. The molecule has 1 aromatic heterocycles. The minimum absolute atomic E-state index is 0.202. The first-order valence-electron chi connectivity index (χ1n) is 4.42. The topological polar surface area (TPSA) is 81.6 Å². The molecule has 0 fully saturated rings. The molecule has 0 bridgehead atoms. The molecule has 0 atom stereocenters. The summed E-state index contributed by atoms with van der Waals surface area (Å²) in [5.74, 6) is -0.628. The summed E-state index contributed by atoms with van der Waals surface area (Å²) in [6.45, 7) is 0.232. The molecule has 1 heterocycles. The number of carbonyl (C=O) groups excluding carboxylic acids is 1. The van der Waals surface area contributed by atoms with E-state index in [0.717, 1.165) is 5.56 Å². The van der Waals surface area contributed by atoms with Gasteiger partial charge in [-0.1, -0.05) is 52.1 Å². The molecule has 0 aromatic carbocycles. The van der Waals surface area contributed by atoms with Crippen LogP contribution in [0.25, 0.3) is 16.5 Å². The summed E-state index contributed by atoms with van der Waals surface area (Å²) in [5.41, 5.74) is 8.98. The van der Waals surface area contributed by atoms with Gasteiger partial charge in [0.05, 0.1) is 5.69 Å². The molecule has 17 heavy (non-hydrogen) atoms. The molecular weight excluding hydrogens is 286 g/mol. The number of aromatic amines is 1. The summed E-state index contributed by atoms with van der Waals surface area (Å²) >= 11 is 16.4. The lowest BCUT2D eigenvalue weighted by molar-refractivity contribution is 0.0992. The van der Waals surface area contributed by atoms with Crippen molar-refractivity contribution in [2.45, 2.75) is 3.79 Å². The summed E-state index contributed by atoms with van der Waals surface area (Å²) in [7, 11) is 0. The van der Waals surface area contributed by atoms with Gasteiger partial charge in [0.1, 0.15) is 0 Å². The lowest BCUT2D eigenvalue weighted by Gasteiger charge is -2.06. The summed E-state index contributed by atoms with van der Waals surface area (Å²) in [5, 5.41) is 3.32. The van der Waals surface area contributed by atoms with Crippen LogP contribution < -0.4 is 0 Å². The van der Waals surface area contributed by atoms with E-state index < -0.39 is 9.58 Å². The zero-order valence-corrected chi connectivity index (χ0v) is 10.7. The van der Waals surface area contributed by atoms with Crippen LogP contribution in [-0.2, 0) is 0 Å². The van der Waals surface area contributed by atoms with Crippen LogP contribution in [0.2, 0.25) is 0 Å². The van der Waals surface area contributed by atoms with E-state index in [1.54, 1.807) is 18.3 Å². The van der Waals surface area contributed by atoms with Crippen LogP contribution in [0.3, 0.4) is 0 Å². The predicted octanol–water partition coefficient (Wildman–Crippen LogP) is 3.89. The van der Waals surface area contributed by atoms with Gasteiger partial charge in [0.15, 0.2) is 0 Å². The zero-order valence-electron chi connectivity index (χ0n) is 8.40. The molecule has 0 aliphatic carbocycles. The lowest BCUT2D eigenvalue weighted by Crippen LogP contribution is -2.19. The van der Waals surface area contributed by atoms with Crippen molar-refractivity contribution in [1.29, 1.82) is 0 Å². The Kier molecular flexibility index (Phi) is 4.90. The monoisotopic (exact) mass is 292 g/mol. The number of hydrogen-bond donors (Lipinski definition) is 1. The van der Waals surface area contributed by atoms with Gasteiger partial charge in [0.25, 0.3) is 3.79 Å². The number of Topliss-reactive ketones (excluding diaryl/α,β-unsaturated/α-hetero) is 1. The van der Waals surface area contributed by atoms with E-state index in [1.807, 2.05) is 0 Å². The molecule has 0 saturated heterocycles. The second kappa shape index (κ2) is 5.98. The van der Waals surface area contributed by atoms with Crippen molar-refractivity contribution >= 4 is 46.7 Å². The molecule has 0 aliphatic rings. The number of hydrogen-bond acceptors (Lipinski definition) is 2. The van der Waals surface area contributed by atoms with E-state index >= 15 is 0 Å². The van der Waals surface area contributed by atoms with Crippen LogP contribution in [0.4, 0.5) is 0 Å². The van der Waals surface area contributed by atoms with Crippen molar-refractivity contribution in [2.75, 3.05) is 6.54 Å². The van der Waals surface area contributed by atoms with Crippen LogP contribution in [0, 0.1) is 0 Å². The fourth-order valence-electron chi connectivity index (χ4n) is 1.06. The van der Waals surface area contributed by atoms with Gasteiger partial charge in [-0.25, -0.2) is 0 Å². The van der Waals surface area contributed by atoms with E-state index in [1.165, 1.54) is 6.07 Å². The average Bonchev–Trinajstić information content (AvgIpc) is 2.70. The average molecular weight is 294 g/mol. The quantitative estimate of drug-likeness (QED) is 0.295. The maximum Gasteiger partial charge on any atom is 0.254 e. The van der Waals surface area contributed by atoms with Crippen LogP contribution in [0.1, 0.15) is 16.1 Å². The Balaban J connectivity index is 2.75. The second-order valence-electron chi connectivity index (χ2n) is 2.99. The van der Waals surface area contributed by atoms with Crippen molar-refractivity contribution in [3.8, 4) is 0 Å². The first kappa shape index (κ1) is 13.9. The third kappa shape index (κ3) is 4.32. The number of H-pyrrole nitrogens is 1. The van der Waals surface area contributed by atoms with E-state index in [4.69, 9.17) is 40.3 Å². The van der Waals surface area contributed by atoms with Gasteiger partial charge in [-0.15, -0.1) is 0 Å². The molecule has 0 saturated carbocycles. The van der Waals surface area contributed by atoms with Crippen LogP contribution >= 0.6 is 34.8 Å². The van der Waals surface area contributed by atoms with Gasteiger partial charge in [-0.05, 0) is 17.2 Å². The highest BCUT2D eigenvalue weighted by molar-refractivity contribution is 6.77. The Hall–Kier alpha value is -1.13. The smallest absolute Gasteiger partial charge is 0.254 e. The third-order valence-electron chi connectivity index (χ3n) is 1.77. The molecule has 0 unspecified atom stereocenters. The molecule has 1 rings (SSSR count). The van der Waals surface area contributed by atoms with Crippen molar-refractivity contribution in [2.24, 2.45) is 5.11 Å². The first-order chi connectivity index (χ1) is 7.95. The summed E-state index contributed by atoms with van der Waals surface area (Å²) in [6.07, 6.45) is 4.91. The van der Waals surface area contributed by atoms with Crippen molar-refractivity contribution < 1.29 is 4.79 Å². The molecular formula is C9H7Cl3N4O. The molecule has 0 spiro atoms. The van der Waals surface area contributed by atoms with E-state index in [0.29, 0.717) is 0 Å². The van der Waals surface area contributed by atoms with Crippen molar-refractivity contribution in [3.05, 3.63) is 40.0 Å².